The van der Waals surface area contributed by atoms with Gasteiger partial charge in [0.1, 0.15) is 6.04 Å². The Morgan fingerprint density at radius 3 is 2.76 bits per heavy atom. The number of hydrogen-bond donors (Lipinski definition) is 1. The van der Waals surface area contributed by atoms with Gasteiger partial charge in [-0.25, -0.2) is 8.42 Å². The van der Waals surface area contributed by atoms with Crippen molar-refractivity contribution in [1.82, 2.24) is 4.31 Å². The van der Waals surface area contributed by atoms with Gasteiger partial charge in [0.05, 0.1) is 23.1 Å². The minimum atomic E-state index is -3.93. The van der Waals surface area contributed by atoms with Gasteiger partial charge in [0.15, 0.2) is 0 Å². The van der Waals surface area contributed by atoms with Crippen molar-refractivity contribution in [3.63, 3.8) is 0 Å². The molecule has 21 heavy (non-hydrogen) atoms. The third kappa shape index (κ3) is 3.24. The number of esters is 1. The summed E-state index contributed by atoms with van der Waals surface area (Å²) in [5.74, 6) is -0.692. The van der Waals surface area contributed by atoms with Crippen molar-refractivity contribution in [2.24, 2.45) is 0 Å². The van der Waals surface area contributed by atoms with Crippen LogP contribution in [0.1, 0.15) is 6.42 Å². The van der Waals surface area contributed by atoms with Gasteiger partial charge >= 0.3 is 5.97 Å². The third-order valence-electron chi connectivity index (χ3n) is 3.20. The number of ether oxygens (including phenoxy) is 1. The number of β-amino-alcohol motifs (C(OH)–C–C–N with tert-alkyl or cyclic N) is 1. The zero-order chi connectivity index (χ0) is 15.8. The summed E-state index contributed by atoms with van der Waals surface area (Å²) < 4.78 is 31.2. The molecule has 0 bridgehead atoms. The van der Waals surface area contributed by atoms with E-state index in [2.05, 4.69) is 20.7 Å². The summed E-state index contributed by atoms with van der Waals surface area (Å²) in [5, 5.41) is 10.1. The van der Waals surface area contributed by atoms with Crippen molar-refractivity contribution in [2.75, 3.05) is 13.7 Å². The second-order valence-electron chi connectivity index (χ2n) is 4.58. The van der Waals surface area contributed by atoms with Gasteiger partial charge in [0.25, 0.3) is 0 Å². The minimum Gasteiger partial charge on any atom is -0.468 e. The Balaban J connectivity index is 2.41. The van der Waals surface area contributed by atoms with E-state index < -0.39 is 28.1 Å². The molecular formula is C12H13BrClNO5S. The molecule has 1 saturated heterocycles. The summed E-state index contributed by atoms with van der Waals surface area (Å²) in [5.41, 5.74) is 0. The Labute approximate surface area is 135 Å². The second-order valence-corrected chi connectivity index (χ2v) is 7.73. The van der Waals surface area contributed by atoms with Crippen LogP contribution in [0.5, 0.6) is 0 Å². The average Bonchev–Trinajstić information content (AvgIpc) is 2.83. The lowest BCUT2D eigenvalue weighted by Gasteiger charge is -2.22. The van der Waals surface area contributed by atoms with E-state index in [1.165, 1.54) is 25.3 Å². The van der Waals surface area contributed by atoms with E-state index in [0.29, 0.717) is 9.50 Å². The van der Waals surface area contributed by atoms with E-state index in [-0.39, 0.29) is 17.9 Å². The van der Waals surface area contributed by atoms with Gasteiger partial charge in [0.2, 0.25) is 10.0 Å². The molecule has 1 aliphatic heterocycles. The maximum absolute atomic E-state index is 12.6. The predicted molar refractivity (Wildman–Crippen MR) is 79.5 cm³/mol. The molecule has 2 unspecified atom stereocenters. The number of hydrogen-bond acceptors (Lipinski definition) is 5. The number of benzene rings is 1. The van der Waals surface area contributed by atoms with Crippen LogP contribution in [0.2, 0.25) is 5.02 Å². The SMILES string of the molecule is COC(=O)C1CC(O)CN1S(=O)(=O)c1ccc(Cl)c(Br)c1. The van der Waals surface area contributed by atoms with Crippen LogP contribution < -0.4 is 0 Å². The van der Waals surface area contributed by atoms with E-state index in [0.717, 1.165) is 4.31 Å². The van der Waals surface area contributed by atoms with Gasteiger partial charge in [0, 0.05) is 17.4 Å². The summed E-state index contributed by atoms with van der Waals surface area (Å²) >= 11 is 9.01. The normalized spacial score (nSPS) is 23.2. The second kappa shape index (κ2) is 6.21. The Morgan fingerprint density at radius 1 is 1.52 bits per heavy atom. The lowest BCUT2D eigenvalue weighted by molar-refractivity contribution is -0.144. The number of aliphatic hydroxyl groups excluding tert-OH is 1. The quantitative estimate of drug-likeness (QED) is 0.778. The topological polar surface area (TPSA) is 83.9 Å². The largest absolute Gasteiger partial charge is 0.468 e. The maximum Gasteiger partial charge on any atom is 0.324 e. The highest BCUT2D eigenvalue weighted by Gasteiger charge is 2.44. The van der Waals surface area contributed by atoms with Crippen LogP contribution >= 0.6 is 27.5 Å². The lowest BCUT2D eigenvalue weighted by Crippen LogP contribution is -2.41. The summed E-state index contributed by atoms with van der Waals surface area (Å²) in [4.78, 5) is 11.7. The number of halogens is 2. The average molecular weight is 399 g/mol. The van der Waals surface area contributed by atoms with Crippen molar-refractivity contribution in [2.45, 2.75) is 23.5 Å². The first-order valence-electron chi connectivity index (χ1n) is 6.00. The Hall–Kier alpha value is -0.670. The molecule has 0 aliphatic carbocycles. The molecule has 1 aliphatic rings. The van der Waals surface area contributed by atoms with Crippen LogP contribution in [0, 0.1) is 0 Å². The Morgan fingerprint density at radius 2 is 2.19 bits per heavy atom. The molecule has 9 heteroatoms. The fraction of sp³-hybridized carbons (Fsp3) is 0.417. The maximum atomic E-state index is 12.6. The van der Waals surface area contributed by atoms with Gasteiger partial charge in [-0.3, -0.25) is 4.79 Å². The fourth-order valence-corrected chi connectivity index (χ4v) is 4.47. The number of rotatable bonds is 3. The molecule has 1 N–H and O–H groups in total. The van der Waals surface area contributed by atoms with E-state index in [4.69, 9.17) is 11.6 Å². The van der Waals surface area contributed by atoms with Crippen LogP contribution in [-0.4, -0.2) is 49.6 Å². The molecule has 0 amide bonds. The molecule has 116 valence electrons. The van der Waals surface area contributed by atoms with Gasteiger partial charge in [-0.1, -0.05) is 11.6 Å². The molecule has 2 atom stereocenters. The smallest absolute Gasteiger partial charge is 0.324 e. The van der Waals surface area contributed by atoms with E-state index in [1.807, 2.05) is 0 Å². The van der Waals surface area contributed by atoms with Gasteiger partial charge < -0.3 is 9.84 Å². The Bertz CT molecular complexity index is 666. The summed E-state index contributed by atoms with van der Waals surface area (Å²) in [6.45, 7) is -0.150. The lowest BCUT2D eigenvalue weighted by atomic mass is 10.2. The van der Waals surface area contributed by atoms with Crippen LogP contribution in [0.15, 0.2) is 27.6 Å². The summed E-state index contributed by atoms with van der Waals surface area (Å²) in [6, 6.07) is 3.13. The first-order valence-corrected chi connectivity index (χ1v) is 8.61. The van der Waals surface area contributed by atoms with Gasteiger partial charge in [-0.05, 0) is 34.1 Å². The Kier molecular flexibility index (Phi) is 4.94. The van der Waals surface area contributed by atoms with Gasteiger partial charge in [-0.15, -0.1) is 0 Å². The highest BCUT2D eigenvalue weighted by atomic mass is 79.9. The minimum absolute atomic E-state index is 0.0122. The number of nitrogens with zero attached hydrogens (tertiary/aromatic N) is 1. The molecule has 1 fully saturated rings. The van der Waals surface area contributed by atoms with Crippen molar-refractivity contribution in [3.8, 4) is 0 Å². The number of sulfonamides is 1. The van der Waals surface area contributed by atoms with Crippen molar-refractivity contribution in [3.05, 3.63) is 27.7 Å². The van der Waals surface area contributed by atoms with E-state index >= 15 is 0 Å². The van der Waals surface area contributed by atoms with Crippen LogP contribution in [0.4, 0.5) is 0 Å². The monoisotopic (exact) mass is 397 g/mol. The third-order valence-corrected chi connectivity index (χ3v) is 6.29. The molecule has 1 aromatic rings. The van der Waals surface area contributed by atoms with Crippen LogP contribution in [-0.2, 0) is 19.6 Å². The molecule has 0 radical (unpaired) electrons. The molecule has 0 spiro atoms. The van der Waals surface area contributed by atoms with Crippen molar-refractivity contribution >= 4 is 43.5 Å². The summed E-state index contributed by atoms with van der Waals surface area (Å²) in [6.07, 6.45) is -0.889. The van der Waals surface area contributed by atoms with Crippen LogP contribution in [0.25, 0.3) is 0 Å². The standard InChI is InChI=1S/C12H13BrClNO5S/c1-20-12(17)11-4-7(16)6-15(11)21(18,19)8-2-3-10(14)9(13)5-8/h2-3,5,7,11,16H,4,6H2,1H3. The first-order chi connectivity index (χ1) is 9.77. The fourth-order valence-electron chi connectivity index (χ4n) is 2.17. The molecule has 0 aromatic heterocycles. The van der Waals surface area contributed by atoms with Crippen molar-refractivity contribution in [1.29, 1.82) is 0 Å². The molecule has 6 nitrogen and oxygen atoms in total. The zero-order valence-electron chi connectivity index (χ0n) is 11.0. The highest BCUT2D eigenvalue weighted by molar-refractivity contribution is 9.10. The number of methoxy groups -OCH3 is 1. The van der Waals surface area contributed by atoms with E-state index in [1.54, 1.807) is 0 Å². The molecule has 1 aromatic carbocycles. The predicted octanol–water partition coefficient (Wildman–Crippen LogP) is 1.40. The zero-order valence-corrected chi connectivity index (χ0v) is 14.2. The first kappa shape index (κ1) is 16.7. The number of carbonyl (C=O) groups excluding carboxylic acids is 1. The number of carbonyl (C=O) groups is 1. The van der Waals surface area contributed by atoms with Crippen LogP contribution in [0.3, 0.4) is 0 Å². The van der Waals surface area contributed by atoms with Gasteiger partial charge in [-0.2, -0.15) is 4.31 Å². The molecule has 1 heterocycles. The summed E-state index contributed by atoms with van der Waals surface area (Å²) in [7, 11) is -2.75. The van der Waals surface area contributed by atoms with Crippen molar-refractivity contribution < 1.29 is 23.1 Å². The highest BCUT2D eigenvalue weighted by Crippen LogP contribution is 2.30. The number of aliphatic hydroxyl groups is 1. The molecule has 2 rings (SSSR count). The molecular weight excluding hydrogens is 386 g/mol. The molecule has 0 saturated carbocycles. The van der Waals surface area contributed by atoms with E-state index in [9.17, 15) is 18.3 Å².